The fourth-order valence-electron chi connectivity index (χ4n) is 3.97. The molecule has 1 N–H and O–H groups in total. The maximum absolute atomic E-state index is 13.7. The Kier molecular flexibility index (Phi) is 5.21. The quantitative estimate of drug-likeness (QED) is 0.527. The smallest absolute Gasteiger partial charge is 0.343 e. The number of aliphatic hydroxyl groups is 1. The van der Waals surface area contributed by atoms with E-state index < -0.39 is 22.9 Å². The van der Waals surface area contributed by atoms with Gasteiger partial charge >= 0.3 is 5.97 Å². The third kappa shape index (κ3) is 3.17. The lowest BCUT2D eigenvalue weighted by molar-refractivity contribution is -0.172. The molecule has 1 aromatic carbocycles. The molecule has 0 radical (unpaired) electrons. The lowest BCUT2D eigenvalue weighted by atomic mass is 9.87. The molecule has 9 heteroatoms. The summed E-state index contributed by atoms with van der Waals surface area (Å²) in [6.45, 7) is 1.48. The van der Waals surface area contributed by atoms with Crippen LogP contribution in [0.15, 0.2) is 45.4 Å². The minimum absolute atomic E-state index is 0.0720. The summed E-state index contributed by atoms with van der Waals surface area (Å²) in [5, 5.41) is 10.7. The van der Waals surface area contributed by atoms with Crippen LogP contribution in [0.1, 0.15) is 30.0 Å². The molecule has 0 saturated heterocycles. The number of allylic oxidation sites excluding steroid dienone is 3. The number of hydrogen-bond acceptors (Lipinski definition) is 6. The fourth-order valence-corrected chi connectivity index (χ4v) is 4.65. The highest BCUT2D eigenvalue weighted by Gasteiger charge is 2.44. The molecule has 0 fully saturated rings. The predicted molar refractivity (Wildman–Crippen MR) is 115 cm³/mol. The molecule has 160 valence electrons. The normalized spacial score (nSPS) is 20.2. The van der Waals surface area contributed by atoms with Gasteiger partial charge in [-0.1, -0.05) is 6.92 Å². The number of carbonyl (C=O) groups excluding carboxylic acids is 2. The monoisotopic (exact) mass is 488 g/mol. The van der Waals surface area contributed by atoms with Crippen LogP contribution in [0, 0.1) is 5.82 Å². The molecule has 7 nitrogen and oxygen atoms in total. The maximum atomic E-state index is 13.7. The molecule has 4 rings (SSSR count). The highest BCUT2D eigenvalue weighted by atomic mass is 79.9. The molecule has 0 spiro atoms. The van der Waals surface area contributed by atoms with Gasteiger partial charge in [0.1, 0.15) is 18.4 Å². The molecule has 3 heterocycles. The Labute approximate surface area is 185 Å². The number of hydrogen-bond donors (Lipinski definition) is 1. The first kappa shape index (κ1) is 21.2. The molecule has 0 amide bonds. The second kappa shape index (κ2) is 7.60. The zero-order valence-electron chi connectivity index (χ0n) is 16.7. The van der Waals surface area contributed by atoms with E-state index in [0.29, 0.717) is 21.4 Å². The minimum atomic E-state index is -1.86. The van der Waals surface area contributed by atoms with Crippen LogP contribution in [0.3, 0.4) is 0 Å². The Hall–Kier alpha value is -3.00. The number of rotatable bonds is 3. The summed E-state index contributed by atoms with van der Waals surface area (Å²) in [6, 6.07) is 5.64. The van der Waals surface area contributed by atoms with Crippen LogP contribution in [-0.2, 0) is 33.1 Å². The number of benzene rings is 1. The largest absolute Gasteiger partial charge is 0.458 e. The summed E-state index contributed by atoms with van der Waals surface area (Å²) in [5.41, 5.74) is -0.101. The second-order valence-electron chi connectivity index (χ2n) is 7.39. The van der Waals surface area contributed by atoms with Crippen LogP contribution in [0.5, 0.6) is 0 Å². The van der Waals surface area contributed by atoms with E-state index in [1.807, 2.05) is 5.94 Å². The second-order valence-corrected chi connectivity index (χ2v) is 8.18. The van der Waals surface area contributed by atoms with E-state index in [2.05, 4.69) is 15.9 Å². The first-order chi connectivity index (χ1) is 14.7. The topological polar surface area (TPSA) is 88.8 Å². The summed E-state index contributed by atoms with van der Waals surface area (Å²) in [5.74, 6) is 0.597. The summed E-state index contributed by atoms with van der Waals surface area (Å²) >= 11 is 3.40. The van der Waals surface area contributed by atoms with Gasteiger partial charge in [-0.05, 0) is 46.6 Å². The van der Waals surface area contributed by atoms with Gasteiger partial charge in [-0.3, -0.25) is 4.79 Å². The molecule has 1 aromatic heterocycles. The Morgan fingerprint density at radius 2 is 2.06 bits per heavy atom. The molecule has 2 aliphatic heterocycles. The fraction of sp³-hybridized carbons (Fsp3) is 0.273. The Bertz CT molecular complexity index is 1260. The minimum Gasteiger partial charge on any atom is -0.458 e. The number of carbonyl (C=O) groups is 1. The lowest BCUT2D eigenvalue weighted by Gasteiger charge is -2.33. The maximum Gasteiger partial charge on any atom is 0.343 e. The molecule has 2 aliphatic rings. The number of aromatic nitrogens is 1. The summed E-state index contributed by atoms with van der Waals surface area (Å²) in [6.07, 6.45) is 1.56. The molecule has 2 aromatic rings. The van der Waals surface area contributed by atoms with Crippen molar-refractivity contribution in [3.8, 4) is 0 Å². The van der Waals surface area contributed by atoms with E-state index >= 15 is 0 Å². The van der Waals surface area contributed by atoms with Crippen molar-refractivity contribution in [1.82, 2.24) is 4.57 Å². The average Bonchev–Trinajstić information content (AvgIpc) is 2.75. The number of cyclic esters (lactones) is 1. The van der Waals surface area contributed by atoms with Gasteiger partial charge in [-0.2, -0.15) is 0 Å². The van der Waals surface area contributed by atoms with Crippen molar-refractivity contribution in [2.45, 2.75) is 32.1 Å². The van der Waals surface area contributed by atoms with Crippen LogP contribution in [-0.4, -0.2) is 28.6 Å². The van der Waals surface area contributed by atoms with Crippen LogP contribution < -0.4 is 10.5 Å². The third-order valence-corrected chi connectivity index (χ3v) is 6.65. The van der Waals surface area contributed by atoms with E-state index in [4.69, 9.17) is 4.74 Å². The number of fused-ring (bicyclic) bond motifs is 2. The van der Waals surface area contributed by atoms with Gasteiger partial charge in [0.05, 0.1) is 27.9 Å². The molecule has 1 atom stereocenters. The number of ether oxygens (including phenoxy) is 1. The number of pyridine rings is 1. The molecule has 0 bridgehead atoms. The SMILES string of the molecule is CC[C@@]1(O)C(=O)OCc2c1ccn(CC1=C(Br)C(=C=O)c3cc(F)ccc3N1C)c2=O. The Balaban J connectivity index is 1.80. The number of esters is 1. The standard InChI is InChI=1S/C22H18BrFN2O5/c1-3-22(30)16-6-7-26(20(28)15(16)11-31-21(22)29)9-18-19(23)14(10-27)13-8-12(24)4-5-17(13)25(18)2/h4-8,30H,3,9,11H2,1-2H3/t22-/m0/s1. The van der Waals surface area contributed by atoms with Gasteiger partial charge in [0.2, 0.25) is 0 Å². The van der Waals surface area contributed by atoms with Crippen molar-refractivity contribution < 1.29 is 23.8 Å². The van der Waals surface area contributed by atoms with Crippen molar-refractivity contribution in [3.05, 3.63) is 73.5 Å². The van der Waals surface area contributed by atoms with E-state index in [-0.39, 0.29) is 36.3 Å². The first-order valence-corrected chi connectivity index (χ1v) is 10.3. The van der Waals surface area contributed by atoms with Gasteiger partial charge in [-0.25, -0.2) is 14.0 Å². The van der Waals surface area contributed by atoms with Gasteiger partial charge in [0.15, 0.2) is 5.60 Å². The molecular formula is C22H18BrFN2O5. The van der Waals surface area contributed by atoms with Crippen LogP contribution >= 0.6 is 15.9 Å². The summed E-state index contributed by atoms with van der Waals surface area (Å²) < 4.78 is 20.6. The number of halogens is 2. The molecule has 0 aliphatic carbocycles. The number of likely N-dealkylation sites (N-methyl/N-ethyl adjacent to an activating group) is 1. The van der Waals surface area contributed by atoms with Crippen LogP contribution in [0.4, 0.5) is 10.1 Å². The van der Waals surface area contributed by atoms with Crippen molar-refractivity contribution >= 4 is 39.1 Å². The van der Waals surface area contributed by atoms with Crippen LogP contribution in [0.25, 0.3) is 5.57 Å². The Morgan fingerprint density at radius 3 is 2.74 bits per heavy atom. The van der Waals surface area contributed by atoms with Crippen LogP contribution in [0.2, 0.25) is 0 Å². The van der Waals surface area contributed by atoms with E-state index in [9.17, 15) is 23.9 Å². The lowest BCUT2D eigenvalue weighted by Crippen LogP contribution is -2.44. The Morgan fingerprint density at radius 1 is 1.32 bits per heavy atom. The van der Waals surface area contributed by atoms with Crippen molar-refractivity contribution in [1.29, 1.82) is 0 Å². The molecular weight excluding hydrogens is 471 g/mol. The van der Waals surface area contributed by atoms with Crippen molar-refractivity contribution in [3.63, 3.8) is 0 Å². The molecule has 0 unspecified atom stereocenters. The number of anilines is 1. The average molecular weight is 489 g/mol. The molecule has 31 heavy (non-hydrogen) atoms. The van der Waals surface area contributed by atoms with Crippen molar-refractivity contribution in [2.75, 3.05) is 11.9 Å². The van der Waals surface area contributed by atoms with Gasteiger partial charge < -0.3 is 19.3 Å². The summed E-state index contributed by atoms with van der Waals surface area (Å²) in [7, 11) is 1.75. The highest BCUT2D eigenvalue weighted by Crippen LogP contribution is 2.42. The molecule has 0 saturated carbocycles. The van der Waals surface area contributed by atoms with Gasteiger partial charge in [-0.15, -0.1) is 0 Å². The predicted octanol–water partition coefficient (Wildman–Crippen LogP) is 2.61. The zero-order valence-corrected chi connectivity index (χ0v) is 18.3. The first-order valence-electron chi connectivity index (χ1n) is 9.53. The van der Waals surface area contributed by atoms with E-state index in [1.54, 1.807) is 24.9 Å². The zero-order chi connectivity index (χ0) is 22.5. The van der Waals surface area contributed by atoms with E-state index in [1.165, 1.54) is 29.0 Å². The third-order valence-electron chi connectivity index (χ3n) is 5.80. The number of nitrogens with zero attached hydrogens (tertiary/aromatic N) is 2. The van der Waals surface area contributed by atoms with Gasteiger partial charge in [0, 0.05) is 30.1 Å². The van der Waals surface area contributed by atoms with Crippen molar-refractivity contribution in [2.24, 2.45) is 0 Å². The summed E-state index contributed by atoms with van der Waals surface area (Å²) in [4.78, 5) is 38.6. The highest BCUT2D eigenvalue weighted by molar-refractivity contribution is 9.12. The van der Waals surface area contributed by atoms with E-state index in [0.717, 1.165) is 0 Å². The van der Waals surface area contributed by atoms with Gasteiger partial charge in [0.25, 0.3) is 5.56 Å².